The molecule has 0 fully saturated rings. The maximum absolute atomic E-state index is 6.31. The summed E-state index contributed by atoms with van der Waals surface area (Å²) in [6.07, 6.45) is 0.818. The molecule has 1 aromatic heterocycles. The van der Waals surface area contributed by atoms with Gasteiger partial charge in [-0.05, 0) is 12.3 Å². The molecular formula is C11H12Cl2N2S. The fourth-order valence-electron chi connectivity index (χ4n) is 1.87. The van der Waals surface area contributed by atoms with Crippen LogP contribution in [0.4, 0.5) is 0 Å². The first kappa shape index (κ1) is 12.1. The van der Waals surface area contributed by atoms with E-state index in [1.807, 2.05) is 6.92 Å². The third-order valence-corrected chi connectivity index (χ3v) is 4.09. The highest BCUT2D eigenvalue weighted by Gasteiger charge is 2.20. The van der Waals surface area contributed by atoms with Crippen LogP contribution in [0.5, 0.6) is 0 Å². The summed E-state index contributed by atoms with van der Waals surface area (Å²) in [5.41, 5.74) is 3.82. The van der Waals surface area contributed by atoms with Crippen molar-refractivity contribution in [2.75, 3.05) is 0 Å². The van der Waals surface area contributed by atoms with Crippen LogP contribution in [-0.4, -0.2) is 8.75 Å². The number of benzene rings is 1. The van der Waals surface area contributed by atoms with Crippen molar-refractivity contribution in [3.05, 3.63) is 21.2 Å². The van der Waals surface area contributed by atoms with E-state index in [2.05, 4.69) is 22.6 Å². The second-order valence-corrected chi connectivity index (χ2v) is 5.27. The molecule has 2 aromatic rings. The van der Waals surface area contributed by atoms with Crippen molar-refractivity contribution in [2.24, 2.45) is 0 Å². The standard InChI is InChI=1S/C11H12Cl2N2S/c1-4-6-8(12)9(13)7(5(2)3)11-10(6)14-16-15-11/h5H,4H2,1-3H3. The summed E-state index contributed by atoms with van der Waals surface area (Å²) in [6.45, 7) is 6.22. The van der Waals surface area contributed by atoms with Crippen molar-refractivity contribution < 1.29 is 0 Å². The average molecular weight is 275 g/mol. The van der Waals surface area contributed by atoms with Crippen molar-refractivity contribution in [1.82, 2.24) is 8.75 Å². The van der Waals surface area contributed by atoms with Gasteiger partial charge in [-0.1, -0.05) is 44.0 Å². The molecule has 0 saturated heterocycles. The summed E-state index contributed by atoms with van der Waals surface area (Å²) in [7, 11) is 0. The van der Waals surface area contributed by atoms with Crippen LogP contribution >= 0.6 is 34.9 Å². The van der Waals surface area contributed by atoms with Gasteiger partial charge in [0.1, 0.15) is 11.0 Å². The number of aromatic nitrogens is 2. The lowest BCUT2D eigenvalue weighted by Crippen LogP contribution is -1.96. The number of fused-ring (bicyclic) bond motifs is 1. The maximum Gasteiger partial charge on any atom is 0.110 e. The van der Waals surface area contributed by atoms with Gasteiger partial charge >= 0.3 is 0 Å². The van der Waals surface area contributed by atoms with E-state index in [1.165, 1.54) is 11.7 Å². The van der Waals surface area contributed by atoms with Crippen LogP contribution in [0.25, 0.3) is 11.0 Å². The van der Waals surface area contributed by atoms with Gasteiger partial charge in [-0.15, -0.1) is 0 Å². The summed E-state index contributed by atoms with van der Waals surface area (Å²) < 4.78 is 8.66. The maximum atomic E-state index is 6.31. The molecule has 0 unspecified atom stereocenters. The number of hydrogen-bond donors (Lipinski definition) is 0. The second-order valence-electron chi connectivity index (χ2n) is 3.99. The Morgan fingerprint density at radius 1 is 1.12 bits per heavy atom. The smallest absolute Gasteiger partial charge is 0.110 e. The predicted octanol–water partition coefficient (Wildman–Crippen LogP) is 4.68. The van der Waals surface area contributed by atoms with Crippen molar-refractivity contribution in [1.29, 1.82) is 0 Å². The lowest BCUT2D eigenvalue weighted by molar-refractivity contribution is 0.873. The van der Waals surface area contributed by atoms with Crippen molar-refractivity contribution in [3.8, 4) is 0 Å². The van der Waals surface area contributed by atoms with Gasteiger partial charge in [0.2, 0.25) is 0 Å². The molecule has 1 aromatic carbocycles. The lowest BCUT2D eigenvalue weighted by Gasteiger charge is -2.13. The van der Waals surface area contributed by atoms with Crippen LogP contribution in [0, 0.1) is 0 Å². The van der Waals surface area contributed by atoms with E-state index in [-0.39, 0.29) is 0 Å². The van der Waals surface area contributed by atoms with E-state index in [0.29, 0.717) is 16.0 Å². The minimum absolute atomic E-state index is 0.294. The summed E-state index contributed by atoms with van der Waals surface area (Å²) >= 11 is 13.8. The van der Waals surface area contributed by atoms with Crippen molar-refractivity contribution in [3.63, 3.8) is 0 Å². The van der Waals surface area contributed by atoms with Crippen LogP contribution in [0.3, 0.4) is 0 Å². The monoisotopic (exact) mass is 274 g/mol. The Hall–Kier alpha value is -0.380. The topological polar surface area (TPSA) is 25.8 Å². The molecule has 0 aliphatic heterocycles. The minimum Gasteiger partial charge on any atom is -0.173 e. The van der Waals surface area contributed by atoms with Crippen LogP contribution in [0.2, 0.25) is 10.0 Å². The lowest BCUT2D eigenvalue weighted by atomic mass is 9.98. The molecule has 0 N–H and O–H groups in total. The van der Waals surface area contributed by atoms with Gasteiger partial charge in [0, 0.05) is 11.1 Å². The minimum atomic E-state index is 0.294. The van der Waals surface area contributed by atoms with E-state index >= 15 is 0 Å². The second kappa shape index (κ2) is 4.47. The first-order valence-electron chi connectivity index (χ1n) is 5.19. The molecule has 2 nitrogen and oxygen atoms in total. The number of hydrogen-bond acceptors (Lipinski definition) is 3. The van der Waals surface area contributed by atoms with Crippen LogP contribution < -0.4 is 0 Å². The molecule has 0 aliphatic carbocycles. The SMILES string of the molecule is CCc1c(Cl)c(Cl)c(C(C)C)c2nsnc12. The van der Waals surface area contributed by atoms with Crippen molar-refractivity contribution in [2.45, 2.75) is 33.1 Å². The zero-order valence-corrected chi connectivity index (χ0v) is 11.7. The number of aryl methyl sites for hydroxylation is 1. The fourth-order valence-corrected chi connectivity index (χ4v) is 3.20. The summed E-state index contributed by atoms with van der Waals surface area (Å²) in [5.74, 6) is 0.294. The number of rotatable bonds is 2. The quantitative estimate of drug-likeness (QED) is 0.795. The van der Waals surface area contributed by atoms with E-state index in [4.69, 9.17) is 23.2 Å². The molecule has 86 valence electrons. The fraction of sp³-hybridized carbons (Fsp3) is 0.455. The van der Waals surface area contributed by atoms with Gasteiger partial charge in [0.15, 0.2) is 0 Å². The summed E-state index contributed by atoms with van der Waals surface area (Å²) in [6, 6.07) is 0. The summed E-state index contributed by atoms with van der Waals surface area (Å²) in [4.78, 5) is 0. The molecule has 0 amide bonds. The van der Waals surface area contributed by atoms with Gasteiger partial charge in [-0.3, -0.25) is 0 Å². The first-order valence-corrected chi connectivity index (χ1v) is 6.68. The Bertz CT molecular complexity index is 534. The van der Waals surface area contributed by atoms with E-state index in [0.717, 1.165) is 28.6 Å². The molecular weight excluding hydrogens is 263 g/mol. The largest absolute Gasteiger partial charge is 0.173 e. The molecule has 5 heteroatoms. The molecule has 0 atom stereocenters. The van der Waals surface area contributed by atoms with Gasteiger partial charge in [0.05, 0.1) is 21.8 Å². The molecule has 2 rings (SSSR count). The molecule has 0 saturated carbocycles. The molecule has 0 spiro atoms. The third-order valence-electron chi connectivity index (χ3n) is 2.65. The molecule has 1 heterocycles. The van der Waals surface area contributed by atoms with Gasteiger partial charge < -0.3 is 0 Å². The van der Waals surface area contributed by atoms with Crippen molar-refractivity contribution >= 4 is 46.0 Å². The van der Waals surface area contributed by atoms with E-state index < -0.39 is 0 Å². The van der Waals surface area contributed by atoms with Gasteiger partial charge in [-0.25, -0.2) is 0 Å². The average Bonchev–Trinajstić information content (AvgIpc) is 2.67. The Balaban J connectivity index is 2.91. The van der Waals surface area contributed by atoms with E-state index in [9.17, 15) is 0 Å². The summed E-state index contributed by atoms with van der Waals surface area (Å²) in [5, 5.41) is 1.27. The molecule has 0 radical (unpaired) electrons. The first-order chi connectivity index (χ1) is 7.57. The van der Waals surface area contributed by atoms with E-state index in [1.54, 1.807) is 0 Å². The number of nitrogens with zero attached hydrogens (tertiary/aromatic N) is 2. The van der Waals surface area contributed by atoms with Crippen LogP contribution in [0.1, 0.15) is 37.8 Å². The zero-order chi connectivity index (χ0) is 11.9. The predicted molar refractivity (Wildman–Crippen MR) is 70.9 cm³/mol. The molecule has 0 aliphatic rings. The Kier molecular flexibility index (Phi) is 3.38. The van der Waals surface area contributed by atoms with Crippen LogP contribution in [-0.2, 0) is 6.42 Å². The van der Waals surface area contributed by atoms with Gasteiger partial charge in [0.25, 0.3) is 0 Å². The zero-order valence-electron chi connectivity index (χ0n) is 9.34. The molecule has 0 bridgehead atoms. The third kappa shape index (κ3) is 1.71. The number of halogens is 2. The molecule has 16 heavy (non-hydrogen) atoms. The Morgan fingerprint density at radius 3 is 2.31 bits per heavy atom. The highest BCUT2D eigenvalue weighted by atomic mass is 35.5. The Morgan fingerprint density at radius 2 is 1.75 bits per heavy atom. The normalized spacial score (nSPS) is 11.6. The highest BCUT2D eigenvalue weighted by Crippen LogP contribution is 2.40. The van der Waals surface area contributed by atoms with Gasteiger partial charge in [-0.2, -0.15) is 8.75 Å². The van der Waals surface area contributed by atoms with Crippen LogP contribution in [0.15, 0.2) is 0 Å². The highest BCUT2D eigenvalue weighted by molar-refractivity contribution is 7.00. The Labute approximate surface area is 109 Å².